The minimum atomic E-state index is -0.426. The first-order valence-corrected chi connectivity index (χ1v) is 11.5. The van der Waals surface area contributed by atoms with Crippen molar-refractivity contribution in [3.05, 3.63) is 65.0 Å². The van der Waals surface area contributed by atoms with Gasteiger partial charge >= 0.3 is 5.97 Å². The molecular weight excluding hydrogens is 440 g/mol. The van der Waals surface area contributed by atoms with E-state index in [4.69, 9.17) is 9.47 Å². The molecule has 3 aromatic rings. The van der Waals surface area contributed by atoms with Crippen molar-refractivity contribution < 1.29 is 19.1 Å². The Kier molecular flexibility index (Phi) is 8.11. The van der Waals surface area contributed by atoms with E-state index in [-0.39, 0.29) is 24.4 Å². The fraction of sp³-hybridized carbons (Fsp3) is 0.333. The number of carbonyl (C=O) groups is 2. The molecule has 33 heavy (non-hydrogen) atoms. The largest absolute Gasteiger partial charge is 0.485 e. The van der Waals surface area contributed by atoms with Gasteiger partial charge in [0.25, 0.3) is 0 Å². The fourth-order valence-corrected chi connectivity index (χ4v) is 3.76. The molecule has 0 radical (unpaired) electrons. The Bertz CT molecular complexity index is 1140. The van der Waals surface area contributed by atoms with E-state index in [0.29, 0.717) is 22.2 Å². The van der Waals surface area contributed by atoms with Crippen LogP contribution in [0.2, 0.25) is 0 Å². The molecule has 0 fully saturated rings. The van der Waals surface area contributed by atoms with E-state index in [1.54, 1.807) is 38.1 Å². The van der Waals surface area contributed by atoms with E-state index in [2.05, 4.69) is 21.6 Å². The van der Waals surface area contributed by atoms with Gasteiger partial charge < -0.3 is 19.4 Å². The van der Waals surface area contributed by atoms with Gasteiger partial charge in [-0.1, -0.05) is 35.5 Å². The Hall–Kier alpha value is -3.33. The summed E-state index contributed by atoms with van der Waals surface area (Å²) in [7, 11) is 1.84. The van der Waals surface area contributed by atoms with Crippen molar-refractivity contribution in [2.24, 2.45) is 7.05 Å². The summed E-state index contributed by atoms with van der Waals surface area (Å²) in [6.07, 6.45) is -0.213. The lowest BCUT2D eigenvalue weighted by atomic mass is 10.1. The molecule has 1 N–H and O–H groups in total. The quantitative estimate of drug-likeness (QED) is 0.369. The number of benzene rings is 2. The molecule has 0 aliphatic carbocycles. The van der Waals surface area contributed by atoms with Crippen molar-refractivity contribution in [1.82, 2.24) is 14.8 Å². The van der Waals surface area contributed by atoms with Crippen LogP contribution in [0.3, 0.4) is 0 Å². The highest BCUT2D eigenvalue weighted by Gasteiger charge is 2.14. The standard InChI is InChI=1S/C24H28N4O4S/c1-15(2)32-23(30)18-7-6-8-19(12-18)25-22(29)14-33-24-27-26-21(28(24)5)13-31-20-10-9-16(3)11-17(20)4/h6-12,15H,13-14H2,1-5H3,(H,25,29). The van der Waals surface area contributed by atoms with Crippen molar-refractivity contribution in [3.8, 4) is 5.75 Å². The number of nitrogens with zero attached hydrogens (tertiary/aromatic N) is 3. The molecular formula is C24H28N4O4S. The first-order chi connectivity index (χ1) is 15.7. The minimum absolute atomic E-state index is 0.143. The average Bonchev–Trinajstić information content (AvgIpc) is 3.11. The van der Waals surface area contributed by atoms with Crippen LogP contribution in [0.15, 0.2) is 47.6 Å². The summed E-state index contributed by atoms with van der Waals surface area (Å²) < 4.78 is 12.9. The molecule has 0 saturated carbocycles. The fourth-order valence-electron chi connectivity index (χ4n) is 3.03. The lowest BCUT2D eigenvalue weighted by Gasteiger charge is -2.10. The van der Waals surface area contributed by atoms with Crippen LogP contribution in [-0.4, -0.2) is 38.5 Å². The third-order valence-corrected chi connectivity index (χ3v) is 5.69. The molecule has 3 rings (SSSR count). The molecule has 0 bridgehead atoms. The second kappa shape index (κ2) is 11.0. The molecule has 1 aromatic heterocycles. The zero-order valence-electron chi connectivity index (χ0n) is 19.4. The van der Waals surface area contributed by atoms with Gasteiger partial charge in [0.15, 0.2) is 11.0 Å². The summed E-state index contributed by atoms with van der Waals surface area (Å²) in [5, 5.41) is 11.7. The second-order valence-corrected chi connectivity index (χ2v) is 8.83. The maximum absolute atomic E-state index is 12.4. The topological polar surface area (TPSA) is 95.3 Å². The van der Waals surface area contributed by atoms with Crippen molar-refractivity contribution in [3.63, 3.8) is 0 Å². The maximum atomic E-state index is 12.4. The molecule has 1 heterocycles. The zero-order valence-corrected chi connectivity index (χ0v) is 20.2. The minimum Gasteiger partial charge on any atom is -0.485 e. The summed E-state index contributed by atoms with van der Waals surface area (Å²) in [5.41, 5.74) is 3.15. The summed E-state index contributed by atoms with van der Waals surface area (Å²) in [6.45, 7) is 7.89. The number of ether oxygens (including phenoxy) is 2. The van der Waals surface area contributed by atoms with Crippen LogP contribution < -0.4 is 10.1 Å². The normalized spacial score (nSPS) is 10.8. The van der Waals surface area contributed by atoms with Crippen LogP contribution in [0.25, 0.3) is 0 Å². The number of anilines is 1. The highest BCUT2D eigenvalue weighted by molar-refractivity contribution is 7.99. The van der Waals surface area contributed by atoms with Crippen molar-refractivity contribution in [2.75, 3.05) is 11.1 Å². The number of hydrogen-bond donors (Lipinski definition) is 1. The Morgan fingerprint density at radius 1 is 1.12 bits per heavy atom. The van der Waals surface area contributed by atoms with E-state index in [1.165, 1.54) is 17.3 Å². The highest BCUT2D eigenvalue weighted by atomic mass is 32.2. The summed E-state index contributed by atoms with van der Waals surface area (Å²) in [4.78, 5) is 24.5. The number of aryl methyl sites for hydroxylation is 2. The number of hydrogen-bond acceptors (Lipinski definition) is 7. The molecule has 0 aliphatic heterocycles. The van der Waals surface area contributed by atoms with Crippen LogP contribution in [-0.2, 0) is 23.2 Å². The number of aromatic nitrogens is 3. The van der Waals surface area contributed by atoms with Gasteiger partial charge in [-0.15, -0.1) is 10.2 Å². The lowest BCUT2D eigenvalue weighted by Crippen LogP contribution is -2.16. The first-order valence-electron chi connectivity index (χ1n) is 10.5. The monoisotopic (exact) mass is 468 g/mol. The second-order valence-electron chi connectivity index (χ2n) is 7.89. The molecule has 9 heteroatoms. The third-order valence-electron chi connectivity index (χ3n) is 4.67. The predicted octanol–water partition coefficient (Wildman–Crippen LogP) is 4.31. The lowest BCUT2D eigenvalue weighted by molar-refractivity contribution is -0.113. The molecule has 174 valence electrons. The Morgan fingerprint density at radius 3 is 2.64 bits per heavy atom. The number of nitrogens with one attached hydrogen (secondary N) is 1. The number of carbonyl (C=O) groups excluding carboxylic acids is 2. The van der Waals surface area contributed by atoms with E-state index < -0.39 is 5.97 Å². The summed E-state index contributed by atoms with van der Waals surface area (Å²) in [6, 6.07) is 12.7. The summed E-state index contributed by atoms with van der Waals surface area (Å²) >= 11 is 1.27. The Morgan fingerprint density at radius 2 is 1.91 bits per heavy atom. The molecule has 2 aromatic carbocycles. The third kappa shape index (κ3) is 6.82. The SMILES string of the molecule is Cc1ccc(OCc2nnc(SCC(=O)Nc3cccc(C(=O)OC(C)C)c3)n2C)c(C)c1. The number of rotatable bonds is 9. The molecule has 0 unspecified atom stereocenters. The number of thioether (sulfide) groups is 1. The van der Waals surface area contributed by atoms with Crippen LogP contribution in [0, 0.1) is 13.8 Å². The highest BCUT2D eigenvalue weighted by Crippen LogP contribution is 2.21. The van der Waals surface area contributed by atoms with E-state index in [1.807, 2.05) is 37.6 Å². The molecule has 0 saturated heterocycles. The Labute approximate surface area is 197 Å². The molecule has 0 spiro atoms. The van der Waals surface area contributed by atoms with Gasteiger partial charge in [-0.25, -0.2) is 4.79 Å². The molecule has 0 aliphatic rings. The van der Waals surface area contributed by atoms with Crippen LogP contribution in [0.1, 0.15) is 41.2 Å². The first kappa shape index (κ1) is 24.3. The maximum Gasteiger partial charge on any atom is 0.338 e. The molecule has 0 atom stereocenters. The van der Waals surface area contributed by atoms with Crippen molar-refractivity contribution >= 4 is 29.3 Å². The Balaban J connectivity index is 1.53. The van der Waals surface area contributed by atoms with Gasteiger partial charge in [-0.2, -0.15) is 0 Å². The van der Waals surface area contributed by atoms with Crippen molar-refractivity contribution in [1.29, 1.82) is 0 Å². The smallest absolute Gasteiger partial charge is 0.338 e. The predicted molar refractivity (Wildman–Crippen MR) is 128 cm³/mol. The van der Waals surface area contributed by atoms with E-state index in [0.717, 1.165) is 11.3 Å². The molecule has 8 nitrogen and oxygen atoms in total. The molecule has 1 amide bonds. The van der Waals surface area contributed by atoms with Gasteiger partial charge in [0.2, 0.25) is 5.91 Å². The van der Waals surface area contributed by atoms with E-state index in [9.17, 15) is 9.59 Å². The zero-order chi connectivity index (χ0) is 24.0. The van der Waals surface area contributed by atoms with Crippen LogP contribution >= 0.6 is 11.8 Å². The number of amides is 1. The van der Waals surface area contributed by atoms with Gasteiger partial charge in [-0.05, 0) is 57.5 Å². The van der Waals surface area contributed by atoms with Crippen LogP contribution in [0.5, 0.6) is 5.75 Å². The van der Waals surface area contributed by atoms with Crippen LogP contribution in [0.4, 0.5) is 5.69 Å². The van der Waals surface area contributed by atoms with Crippen molar-refractivity contribution in [2.45, 2.75) is 45.6 Å². The van der Waals surface area contributed by atoms with Gasteiger partial charge in [0.1, 0.15) is 12.4 Å². The van der Waals surface area contributed by atoms with Gasteiger partial charge in [-0.3, -0.25) is 4.79 Å². The summed E-state index contributed by atoms with van der Waals surface area (Å²) in [5.74, 6) is 0.964. The average molecular weight is 469 g/mol. The number of esters is 1. The van der Waals surface area contributed by atoms with Gasteiger partial charge in [0.05, 0.1) is 17.4 Å². The van der Waals surface area contributed by atoms with Gasteiger partial charge in [0, 0.05) is 12.7 Å². The van der Waals surface area contributed by atoms with E-state index >= 15 is 0 Å².